The summed E-state index contributed by atoms with van der Waals surface area (Å²) in [6.07, 6.45) is 1.08. The lowest BCUT2D eigenvalue weighted by Gasteiger charge is -2.09. The number of anilines is 1. The fraction of sp³-hybridized carbons (Fsp3) is 0. The molecule has 0 aliphatic carbocycles. The molecule has 2 aromatic rings. The molecule has 0 saturated carbocycles. The second-order valence-corrected chi connectivity index (χ2v) is 6.98. The van der Waals surface area contributed by atoms with Gasteiger partial charge in [0.1, 0.15) is 15.9 Å². The standard InChI is InChI=1S/C11H6BrCl2FN2O2S/c12-8-3-6(1-2-10(8)15)17-20(18,19)7-4-9(13)11(14)16-5-7/h1-5,17H. The fourth-order valence-corrected chi connectivity index (χ4v) is 3.06. The zero-order chi connectivity index (χ0) is 14.9. The Morgan fingerprint density at radius 1 is 1.25 bits per heavy atom. The number of nitrogens with one attached hydrogen (secondary N) is 1. The van der Waals surface area contributed by atoms with E-state index in [1.54, 1.807) is 0 Å². The van der Waals surface area contributed by atoms with Crippen LogP contribution in [0.1, 0.15) is 0 Å². The maximum Gasteiger partial charge on any atom is 0.263 e. The molecular formula is C11H6BrCl2FN2O2S. The third kappa shape index (κ3) is 3.41. The van der Waals surface area contributed by atoms with Crippen molar-refractivity contribution in [2.75, 3.05) is 4.72 Å². The summed E-state index contributed by atoms with van der Waals surface area (Å²) in [4.78, 5) is 3.52. The van der Waals surface area contributed by atoms with Crippen molar-refractivity contribution < 1.29 is 12.8 Å². The molecule has 4 nitrogen and oxygen atoms in total. The molecule has 2 rings (SSSR count). The third-order valence-electron chi connectivity index (χ3n) is 2.25. The molecule has 106 valence electrons. The molecule has 9 heteroatoms. The Hall–Kier alpha value is -0.890. The van der Waals surface area contributed by atoms with Crippen molar-refractivity contribution in [2.24, 2.45) is 0 Å². The van der Waals surface area contributed by atoms with Gasteiger partial charge in [-0.1, -0.05) is 23.2 Å². The van der Waals surface area contributed by atoms with Crippen LogP contribution in [0.3, 0.4) is 0 Å². The number of hydrogen-bond donors (Lipinski definition) is 1. The number of halogens is 4. The molecule has 1 N–H and O–H groups in total. The molecule has 0 aliphatic rings. The fourth-order valence-electron chi connectivity index (χ4n) is 1.32. The average Bonchev–Trinajstić information content (AvgIpc) is 2.37. The molecule has 0 fully saturated rings. The first kappa shape index (κ1) is 15.5. The van der Waals surface area contributed by atoms with Gasteiger partial charge in [0.05, 0.1) is 15.2 Å². The van der Waals surface area contributed by atoms with Gasteiger partial charge in [0, 0.05) is 6.20 Å². The Morgan fingerprint density at radius 2 is 1.95 bits per heavy atom. The molecule has 1 aromatic carbocycles. The van der Waals surface area contributed by atoms with Gasteiger partial charge in [0.15, 0.2) is 0 Å². The van der Waals surface area contributed by atoms with Gasteiger partial charge in [-0.15, -0.1) is 0 Å². The summed E-state index contributed by atoms with van der Waals surface area (Å²) in [6, 6.07) is 4.91. The summed E-state index contributed by atoms with van der Waals surface area (Å²) in [5.41, 5.74) is 0.198. The van der Waals surface area contributed by atoms with E-state index in [4.69, 9.17) is 23.2 Å². The lowest BCUT2D eigenvalue weighted by atomic mass is 10.3. The minimum absolute atomic E-state index is 0.00939. The van der Waals surface area contributed by atoms with Crippen molar-refractivity contribution in [3.8, 4) is 0 Å². The minimum atomic E-state index is -3.88. The predicted octanol–water partition coefficient (Wildman–Crippen LogP) is 4.09. The summed E-state index contributed by atoms with van der Waals surface area (Å²) in [7, 11) is -3.88. The smallest absolute Gasteiger partial charge is 0.263 e. The van der Waals surface area contributed by atoms with Crippen LogP contribution in [0.2, 0.25) is 10.2 Å². The van der Waals surface area contributed by atoms with E-state index in [-0.39, 0.29) is 25.2 Å². The van der Waals surface area contributed by atoms with Crippen molar-refractivity contribution in [2.45, 2.75) is 4.90 Å². The second kappa shape index (κ2) is 5.85. The largest absolute Gasteiger partial charge is 0.280 e. The molecule has 0 saturated heterocycles. The van der Waals surface area contributed by atoms with Crippen molar-refractivity contribution in [3.05, 3.63) is 50.9 Å². The number of benzene rings is 1. The van der Waals surface area contributed by atoms with Crippen LogP contribution in [0.5, 0.6) is 0 Å². The summed E-state index contributed by atoms with van der Waals surface area (Å²) >= 11 is 14.3. The highest BCUT2D eigenvalue weighted by Crippen LogP contribution is 2.25. The van der Waals surface area contributed by atoms with Gasteiger partial charge in [-0.2, -0.15) is 0 Å². The molecular weight excluding hydrogens is 394 g/mol. The lowest BCUT2D eigenvalue weighted by Crippen LogP contribution is -2.13. The molecule has 20 heavy (non-hydrogen) atoms. The Balaban J connectivity index is 2.35. The molecule has 0 bridgehead atoms. The number of pyridine rings is 1. The van der Waals surface area contributed by atoms with Gasteiger partial charge >= 0.3 is 0 Å². The first-order chi connectivity index (χ1) is 9.29. The molecule has 0 unspecified atom stereocenters. The van der Waals surface area contributed by atoms with E-state index in [0.717, 1.165) is 12.3 Å². The molecule has 0 radical (unpaired) electrons. The summed E-state index contributed by atoms with van der Waals surface area (Å²) in [5.74, 6) is -0.496. The topological polar surface area (TPSA) is 59.1 Å². The van der Waals surface area contributed by atoms with Crippen molar-refractivity contribution in [3.63, 3.8) is 0 Å². The SMILES string of the molecule is O=S(=O)(Nc1ccc(F)c(Br)c1)c1cnc(Cl)c(Cl)c1. The third-order valence-corrected chi connectivity index (χ3v) is 4.90. The molecule has 0 spiro atoms. The number of nitrogens with zero attached hydrogens (tertiary/aromatic N) is 1. The van der Waals surface area contributed by atoms with Gasteiger partial charge in [-0.25, -0.2) is 17.8 Å². The van der Waals surface area contributed by atoms with E-state index < -0.39 is 15.8 Å². The molecule has 1 heterocycles. The maximum atomic E-state index is 13.1. The number of hydrogen-bond acceptors (Lipinski definition) is 3. The van der Waals surface area contributed by atoms with Gasteiger partial charge in [-0.05, 0) is 40.2 Å². The lowest BCUT2D eigenvalue weighted by molar-refractivity contribution is 0.600. The van der Waals surface area contributed by atoms with Crippen molar-refractivity contribution >= 4 is 54.8 Å². The number of sulfonamides is 1. The maximum absolute atomic E-state index is 13.1. The average molecular weight is 400 g/mol. The number of rotatable bonds is 3. The van der Waals surface area contributed by atoms with Crippen molar-refractivity contribution in [1.82, 2.24) is 4.98 Å². The zero-order valence-electron chi connectivity index (χ0n) is 9.57. The van der Waals surface area contributed by atoms with Crippen LogP contribution < -0.4 is 4.72 Å². The zero-order valence-corrected chi connectivity index (χ0v) is 13.5. The first-order valence-corrected chi connectivity index (χ1v) is 8.12. The highest BCUT2D eigenvalue weighted by atomic mass is 79.9. The van der Waals surface area contributed by atoms with Gasteiger partial charge in [-0.3, -0.25) is 4.72 Å². The van der Waals surface area contributed by atoms with Crippen LogP contribution >= 0.6 is 39.1 Å². The van der Waals surface area contributed by atoms with Crippen LogP contribution in [0.25, 0.3) is 0 Å². The highest BCUT2D eigenvalue weighted by Gasteiger charge is 2.17. The monoisotopic (exact) mass is 398 g/mol. The summed E-state index contributed by atoms with van der Waals surface area (Å²) in [6.45, 7) is 0. The molecule has 0 amide bonds. The Labute approximate surface area is 133 Å². The van der Waals surface area contributed by atoms with Crippen LogP contribution in [-0.2, 0) is 10.0 Å². The number of aromatic nitrogens is 1. The first-order valence-electron chi connectivity index (χ1n) is 5.08. The van der Waals surface area contributed by atoms with E-state index in [0.29, 0.717) is 0 Å². The van der Waals surface area contributed by atoms with E-state index in [1.807, 2.05) is 0 Å². The Bertz CT molecular complexity index is 771. The van der Waals surface area contributed by atoms with Crippen LogP contribution in [-0.4, -0.2) is 13.4 Å². The van der Waals surface area contributed by atoms with Crippen LogP contribution in [0.4, 0.5) is 10.1 Å². The van der Waals surface area contributed by atoms with E-state index >= 15 is 0 Å². The van der Waals surface area contributed by atoms with E-state index in [1.165, 1.54) is 18.2 Å². The summed E-state index contributed by atoms with van der Waals surface area (Å²) in [5, 5.41) is 0.0324. The van der Waals surface area contributed by atoms with E-state index in [9.17, 15) is 12.8 Å². The van der Waals surface area contributed by atoms with Crippen LogP contribution in [0, 0.1) is 5.82 Å². The Morgan fingerprint density at radius 3 is 2.55 bits per heavy atom. The van der Waals surface area contributed by atoms with Crippen molar-refractivity contribution in [1.29, 1.82) is 0 Å². The normalized spacial score (nSPS) is 11.4. The molecule has 1 aromatic heterocycles. The summed E-state index contributed by atoms with van der Waals surface area (Å²) < 4.78 is 39.7. The molecule has 0 atom stereocenters. The second-order valence-electron chi connectivity index (χ2n) is 3.68. The van der Waals surface area contributed by atoms with Gasteiger partial charge in [0.2, 0.25) is 0 Å². The van der Waals surface area contributed by atoms with Gasteiger partial charge < -0.3 is 0 Å². The molecule has 0 aliphatic heterocycles. The van der Waals surface area contributed by atoms with E-state index in [2.05, 4.69) is 25.6 Å². The highest BCUT2D eigenvalue weighted by molar-refractivity contribution is 9.10. The van der Waals surface area contributed by atoms with Crippen LogP contribution in [0.15, 0.2) is 39.8 Å². The predicted molar refractivity (Wildman–Crippen MR) is 79.2 cm³/mol. The quantitative estimate of drug-likeness (QED) is 0.790. The minimum Gasteiger partial charge on any atom is -0.280 e. The van der Waals surface area contributed by atoms with Gasteiger partial charge in [0.25, 0.3) is 10.0 Å². The Kier molecular flexibility index (Phi) is 4.53.